The van der Waals surface area contributed by atoms with Crippen LogP contribution in [0.3, 0.4) is 0 Å². The maximum absolute atomic E-state index is 13.2. The van der Waals surface area contributed by atoms with Crippen LogP contribution in [0.4, 0.5) is 15.8 Å². The molecule has 126 valence electrons. The summed E-state index contributed by atoms with van der Waals surface area (Å²) < 4.78 is 46.3. The van der Waals surface area contributed by atoms with Crippen LogP contribution >= 0.6 is 11.6 Å². The molecule has 5 nitrogen and oxygen atoms in total. The molecule has 0 saturated carbocycles. The van der Waals surface area contributed by atoms with Gasteiger partial charge in [0, 0.05) is 11.8 Å². The van der Waals surface area contributed by atoms with E-state index in [0.29, 0.717) is 17.1 Å². The summed E-state index contributed by atoms with van der Waals surface area (Å²) in [5.41, 5.74) is 1.28. The van der Waals surface area contributed by atoms with E-state index in [4.69, 9.17) is 16.3 Å². The zero-order valence-electron chi connectivity index (χ0n) is 12.6. The van der Waals surface area contributed by atoms with Gasteiger partial charge in [0.15, 0.2) is 0 Å². The molecule has 2 aromatic rings. The predicted octanol–water partition coefficient (Wildman–Crippen LogP) is 3.99. The van der Waals surface area contributed by atoms with Gasteiger partial charge < -0.3 is 10.1 Å². The van der Waals surface area contributed by atoms with Crippen LogP contribution in [0.1, 0.15) is 6.92 Å². The highest BCUT2D eigenvalue weighted by Crippen LogP contribution is 2.38. The van der Waals surface area contributed by atoms with Crippen LogP contribution in [0.2, 0.25) is 5.02 Å². The lowest BCUT2D eigenvalue weighted by atomic mass is 10.2. The lowest BCUT2D eigenvalue weighted by Gasteiger charge is -2.27. The van der Waals surface area contributed by atoms with Gasteiger partial charge >= 0.3 is 0 Å². The number of nitrogens with one attached hydrogen (secondary N) is 2. The molecule has 1 heterocycles. The largest absolute Gasteiger partial charge is 0.482 e. The van der Waals surface area contributed by atoms with E-state index in [2.05, 4.69) is 16.6 Å². The number of fused-ring (bicyclic) bond motifs is 1. The fourth-order valence-corrected chi connectivity index (χ4v) is 3.83. The summed E-state index contributed by atoms with van der Waals surface area (Å²) in [6, 6.07) is 7.92. The highest BCUT2D eigenvalue weighted by atomic mass is 35.5. The smallest absolute Gasteiger partial charge is 0.263 e. The van der Waals surface area contributed by atoms with Crippen molar-refractivity contribution in [1.29, 1.82) is 0 Å². The first kappa shape index (κ1) is 16.6. The zero-order valence-corrected chi connectivity index (χ0v) is 14.2. The molecule has 0 spiro atoms. The SMILES string of the molecule is C=C1Nc2cc(Cl)c(S(=O)(=O)Nc3cccc(F)c3)cc2OC1C. The summed E-state index contributed by atoms with van der Waals surface area (Å²) in [7, 11) is -4.00. The minimum absolute atomic E-state index is 0.0103. The number of ether oxygens (including phenoxy) is 1. The van der Waals surface area contributed by atoms with Gasteiger partial charge in [-0.2, -0.15) is 0 Å². The van der Waals surface area contributed by atoms with E-state index in [1.54, 1.807) is 6.92 Å². The Balaban J connectivity index is 1.99. The average molecular weight is 369 g/mol. The minimum atomic E-state index is -4.00. The normalized spacial score (nSPS) is 16.8. The van der Waals surface area contributed by atoms with Crippen LogP contribution in [0, 0.1) is 5.82 Å². The van der Waals surface area contributed by atoms with E-state index in [1.165, 1.54) is 30.3 Å². The van der Waals surface area contributed by atoms with E-state index in [9.17, 15) is 12.8 Å². The topological polar surface area (TPSA) is 67.4 Å². The number of sulfonamides is 1. The van der Waals surface area contributed by atoms with Crippen molar-refractivity contribution in [3.05, 3.63) is 59.5 Å². The van der Waals surface area contributed by atoms with Gasteiger partial charge in [0.1, 0.15) is 22.6 Å². The fourth-order valence-electron chi connectivity index (χ4n) is 2.23. The van der Waals surface area contributed by atoms with Gasteiger partial charge in [0.25, 0.3) is 10.0 Å². The van der Waals surface area contributed by atoms with Crippen molar-refractivity contribution in [1.82, 2.24) is 0 Å². The molecule has 3 rings (SSSR count). The minimum Gasteiger partial charge on any atom is -0.482 e. The molecule has 0 bridgehead atoms. The van der Waals surface area contributed by atoms with Crippen LogP contribution in [0.15, 0.2) is 53.6 Å². The van der Waals surface area contributed by atoms with Crippen molar-refractivity contribution in [2.24, 2.45) is 0 Å². The molecule has 1 aliphatic rings. The number of benzene rings is 2. The Hall–Kier alpha value is -2.25. The Morgan fingerprint density at radius 3 is 2.79 bits per heavy atom. The monoisotopic (exact) mass is 368 g/mol. The molecular formula is C16H14ClFN2O3S. The third-order valence-electron chi connectivity index (χ3n) is 3.49. The molecule has 2 N–H and O–H groups in total. The first-order valence-electron chi connectivity index (χ1n) is 7.01. The average Bonchev–Trinajstić information content (AvgIpc) is 2.48. The summed E-state index contributed by atoms with van der Waals surface area (Å²) in [5.74, 6) is -0.203. The summed E-state index contributed by atoms with van der Waals surface area (Å²) in [4.78, 5) is -0.159. The molecule has 0 fully saturated rings. The van der Waals surface area contributed by atoms with Crippen LogP contribution in [0.25, 0.3) is 0 Å². The Labute approximate surface area is 144 Å². The number of anilines is 2. The molecule has 0 saturated heterocycles. The highest BCUT2D eigenvalue weighted by molar-refractivity contribution is 7.92. The molecule has 0 aromatic heterocycles. The van der Waals surface area contributed by atoms with Crippen molar-refractivity contribution in [3.8, 4) is 5.75 Å². The van der Waals surface area contributed by atoms with E-state index >= 15 is 0 Å². The molecular weight excluding hydrogens is 355 g/mol. The lowest BCUT2D eigenvalue weighted by Crippen LogP contribution is -2.25. The van der Waals surface area contributed by atoms with Gasteiger partial charge in [0.2, 0.25) is 0 Å². The molecule has 1 aliphatic heterocycles. The first-order valence-corrected chi connectivity index (χ1v) is 8.87. The van der Waals surface area contributed by atoms with Gasteiger partial charge in [-0.3, -0.25) is 4.72 Å². The van der Waals surface area contributed by atoms with Gasteiger partial charge in [-0.1, -0.05) is 24.2 Å². The number of hydrogen-bond acceptors (Lipinski definition) is 4. The van der Waals surface area contributed by atoms with E-state index in [0.717, 1.165) is 6.07 Å². The Kier molecular flexibility index (Phi) is 4.15. The molecule has 0 radical (unpaired) electrons. The second kappa shape index (κ2) is 5.99. The van der Waals surface area contributed by atoms with Crippen LogP contribution < -0.4 is 14.8 Å². The van der Waals surface area contributed by atoms with Gasteiger partial charge in [-0.05, 0) is 31.2 Å². The van der Waals surface area contributed by atoms with Crippen molar-refractivity contribution in [2.45, 2.75) is 17.9 Å². The van der Waals surface area contributed by atoms with Gasteiger partial charge in [-0.15, -0.1) is 0 Å². The molecule has 1 unspecified atom stereocenters. The van der Waals surface area contributed by atoms with Crippen LogP contribution in [-0.2, 0) is 10.0 Å². The zero-order chi connectivity index (χ0) is 17.5. The second-order valence-electron chi connectivity index (χ2n) is 5.30. The molecule has 1 atom stereocenters. The number of rotatable bonds is 3. The molecule has 0 aliphatic carbocycles. The van der Waals surface area contributed by atoms with Crippen molar-refractivity contribution >= 4 is 33.0 Å². The highest BCUT2D eigenvalue weighted by Gasteiger charge is 2.25. The molecule has 8 heteroatoms. The van der Waals surface area contributed by atoms with Crippen molar-refractivity contribution in [3.63, 3.8) is 0 Å². The number of halogens is 2. The quantitative estimate of drug-likeness (QED) is 0.859. The van der Waals surface area contributed by atoms with E-state index in [-0.39, 0.29) is 21.7 Å². The number of hydrogen-bond donors (Lipinski definition) is 2. The molecule has 24 heavy (non-hydrogen) atoms. The summed E-state index contributed by atoms with van der Waals surface area (Å²) in [6.07, 6.45) is -0.314. The maximum Gasteiger partial charge on any atom is 0.263 e. The molecule has 0 amide bonds. The standard InChI is InChI=1S/C16H14ClFN2O3S/c1-9-10(2)23-15-8-16(13(17)7-14(15)19-9)24(21,22)20-12-5-3-4-11(18)6-12/h3-8,10,19-20H,1H2,2H3. The van der Waals surface area contributed by atoms with E-state index in [1.807, 2.05) is 0 Å². The third kappa shape index (κ3) is 3.18. The van der Waals surface area contributed by atoms with Crippen LogP contribution in [0.5, 0.6) is 5.75 Å². The third-order valence-corrected chi connectivity index (χ3v) is 5.34. The molecule has 2 aromatic carbocycles. The Morgan fingerprint density at radius 1 is 1.33 bits per heavy atom. The van der Waals surface area contributed by atoms with Gasteiger partial charge in [-0.25, -0.2) is 12.8 Å². The summed E-state index contributed by atoms with van der Waals surface area (Å²) in [5, 5.41) is 3.03. The Morgan fingerprint density at radius 2 is 2.08 bits per heavy atom. The first-order chi connectivity index (χ1) is 11.3. The summed E-state index contributed by atoms with van der Waals surface area (Å²) in [6.45, 7) is 5.60. The van der Waals surface area contributed by atoms with Gasteiger partial charge in [0.05, 0.1) is 16.4 Å². The Bertz CT molecular complexity index is 931. The van der Waals surface area contributed by atoms with E-state index < -0.39 is 15.8 Å². The maximum atomic E-state index is 13.2. The predicted molar refractivity (Wildman–Crippen MR) is 91.5 cm³/mol. The fraction of sp³-hybridized carbons (Fsp3) is 0.125. The van der Waals surface area contributed by atoms with Crippen molar-refractivity contribution < 1.29 is 17.5 Å². The second-order valence-corrected chi connectivity index (χ2v) is 7.36. The van der Waals surface area contributed by atoms with Crippen LogP contribution in [-0.4, -0.2) is 14.5 Å². The van der Waals surface area contributed by atoms with Crippen molar-refractivity contribution in [2.75, 3.05) is 10.0 Å². The summed E-state index contributed by atoms with van der Waals surface area (Å²) >= 11 is 6.11. The lowest BCUT2D eigenvalue weighted by molar-refractivity contribution is 0.252.